The van der Waals surface area contributed by atoms with E-state index in [1.165, 1.54) is 0 Å². The van der Waals surface area contributed by atoms with E-state index in [2.05, 4.69) is 24.1 Å². The van der Waals surface area contributed by atoms with Crippen LogP contribution in [0.2, 0.25) is 0 Å². The molecule has 0 aliphatic carbocycles. The van der Waals surface area contributed by atoms with E-state index in [0.717, 1.165) is 17.4 Å². The van der Waals surface area contributed by atoms with E-state index in [0.29, 0.717) is 37.8 Å². The number of benzene rings is 1. The molecule has 7 nitrogen and oxygen atoms in total. The molecule has 1 fully saturated rings. The number of nitrogens with one attached hydrogen (secondary N) is 1. The summed E-state index contributed by atoms with van der Waals surface area (Å²) in [5, 5.41) is 3.63. The molecule has 28 heavy (non-hydrogen) atoms. The summed E-state index contributed by atoms with van der Waals surface area (Å²) in [4.78, 5) is 30.0. The van der Waals surface area contributed by atoms with Crippen molar-refractivity contribution >= 4 is 22.7 Å². The predicted octanol–water partition coefficient (Wildman–Crippen LogP) is 1.57. The Balaban J connectivity index is 1.95. The number of rotatable bonds is 6. The Morgan fingerprint density at radius 3 is 2.68 bits per heavy atom. The Morgan fingerprint density at radius 1 is 1.25 bits per heavy atom. The van der Waals surface area contributed by atoms with Crippen molar-refractivity contribution in [3.8, 4) is 0 Å². The lowest BCUT2D eigenvalue weighted by Gasteiger charge is -2.42. The number of methoxy groups -OCH3 is 1. The zero-order valence-electron chi connectivity index (χ0n) is 17.1. The van der Waals surface area contributed by atoms with Gasteiger partial charge in [-0.25, -0.2) is 0 Å². The van der Waals surface area contributed by atoms with Gasteiger partial charge in [0.15, 0.2) is 0 Å². The number of likely N-dealkylation sites (N-methyl/N-ethyl adjacent to an activating group) is 1. The topological polar surface area (TPSA) is 66.8 Å². The Labute approximate surface area is 166 Å². The summed E-state index contributed by atoms with van der Waals surface area (Å²) in [6.07, 6.45) is 1.89. The first-order valence-corrected chi connectivity index (χ1v) is 9.81. The molecule has 0 saturated carbocycles. The average Bonchev–Trinajstić information content (AvgIpc) is 3.09. The lowest BCUT2D eigenvalue weighted by molar-refractivity contribution is -0.127. The molecular weight excluding hydrogens is 356 g/mol. The Hall–Kier alpha value is -2.38. The number of amides is 2. The van der Waals surface area contributed by atoms with Crippen molar-refractivity contribution in [3.63, 3.8) is 0 Å². The molecule has 1 aromatic carbocycles. The fraction of sp³-hybridized carbons (Fsp3) is 0.524. The van der Waals surface area contributed by atoms with Crippen LogP contribution in [0.4, 0.5) is 0 Å². The monoisotopic (exact) mass is 386 g/mol. The lowest BCUT2D eigenvalue weighted by Crippen LogP contribution is -2.61. The first kappa shape index (κ1) is 20.4. The van der Waals surface area contributed by atoms with Crippen LogP contribution in [0.5, 0.6) is 0 Å². The number of nitrogens with zero attached hydrogens (tertiary/aromatic N) is 3. The van der Waals surface area contributed by atoms with Crippen molar-refractivity contribution < 1.29 is 14.3 Å². The highest BCUT2D eigenvalue weighted by Crippen LogP contribution is 2.25. The number of hydrogen-bond donors (Lipinski definition) is 1. The quantitative estimate of drug-likeness (QED) is 0.818. The molecule has 152 valence electrons. The Bertz CT molecular complexity index is 845. The summed E-state index contributed by atoms with van der Waals surface area (Å²) < 4.78 is 7.25. The molecule has 0 spiro atoms. The van der Waals surface area contributed by atoms with Gasteiger partial charge in [-0.05, 0) is 19.9 Å². The molecule has 0 radical (unpaired) electrons. The minimum atomic E-state index is -0.491. The van der Waals surface area contributed by atoms with Crippen LogP contribution in [0.3, 0.4) is 0 Å². The molecule has 0 bridgehead atoms. The molecule has 7 heteroatoms. The van der Waals surface area contributed by atoms with Crippen LogP contribution in [0.25, 0.3) is 10.9 Å². The summed E-state index contributed by atoms with van der Waals surface area (Å²) >= 11 is 0. The predicted molar refractivity (Wildman–Crippen MR) is 109 cm³/mol. The van der Waals surface area contributed by atoms with Crippen LogP contribution in [0.1, 0.15) is 24.2 Å². The van der Waals surface area contributed by atoms with Crippen LogP contribution < -0.4 is 5.32 Å². The molecule has 2 amide bonds. The van der Waals surface area contributed by atoms with Crippen molar-refractivity contribution in [2.45, 2.75) is 32.5 Å². The first-order valence-electron chi connectivity index (χ1n) is 9.81. The number of piperazine rings is 1. The van der Waals surface area contributed by atoms with Crippen LogP contribution in [-0.2, 0) is 16.1 Å². The standard InChI is InChI=1S/C21H30N4O3/c1-15(2)23-9-10-25(19(14-23)20(26)22-3)21(27)17-13-24(11-12-28-4)18-8-6-5-7-16(17)18/h5-8,13,15,19H,9-12,14H2,1-4H3,(H,22,26). The summed E-state index contributed by atoms with van der Waals surface area (Å²) in [5.41, 5.74) is 1.64. The molecule has 1 aliphatic heterocycles. The first-order chi connectivity index (χ1) is 13.5. The van der Waals surface area contributed by atoms with Crippen LogP contribution >= 0.6 is 0 Å². The van der Waals surface area contributed by atoms with Crippen molar-refractivity contribution in [1.29, 1.82) is 0 Å². The molecule has 1 saturated heterocycles. The van der Waals surface area contributed by atoms with Crippen molar-refractivity contribution in [3.05, 3.63) is 36.0 Å². The van der Waals surface area contributed by atoms with Crippen molar-refractivity contribution in [2.75, 3.05) is 40.4 Å². The molecule has 1 N–H and O–H groups in total. The second-order valence-electron chi connectivity index (χ2n) is 7.46. The number of ether oxygens (including phenoxy) is 1. The smallest absolute Gasteiger partial charge is 0.256 e. The largest absolute Gasteiger partial charge is 0.383 e. The third-order valence-electron chi connectivity index (χ3n) is 5.51. The Kier molecular flexibility index (Phi) is 6.36. The number of aromatic nitrogens is 1. The minimum absolute atomic E-state index is 0.0932. The summed E-state index contributed by atoms with van der Waals surface area (Å²) in [5.74, 6) is -0.216. The molecule has 2 aromatic rings. The molecule has 1 aromatic heterocycles. The van der Waals surface area contributed by atoms with Crippen LogP contribution in [0, 0.1) is 0 Å². The highest BCUT2D eigenvalue weighted by atomic mass is 16.5. The summed E-state index contributed by atoms with van der Waals surface area (Å²) in [6, 6.07) is 7.72. The zero-order chi connectivity index (χ0) is 20.3. The van der Waals surface area contributed by atoms with Gasteiger partial charge in [0, 0.05) is 63.5 Å². The number of para-hydroxylation sites is 1. The fourth-order valence-electron chi connectivity index (χ4n) is 3.85. The van der Waals surface area contributed by atoms with E-state index >= 15 is 0 Å². The molecule has 1 atom stereocenters. The number of hydrogen-bond acceptors (Lipinski definition) is 4. The van der Waals surface area contributed by atoms with E-state index < -0.39 is 6.04 Å². The van der Waals surface area contributed by atoms with Gasteiger partial charge < -0.3 is 19.5 Å². The van der Waals surface area contributed by atoms with E-state index in [1.54, 1.807) is 19.1 Å². The number of fused-ring (bicyclic) bond motifs is 1. The van der Waals surface area contributed by atoms with Gasteiger partial charge >= 0.3 is 0 Å². The van der Waals surface area contributed by atoms with Gasteiger partial charge in [-0.15, -0.1) is 0 Å². The molecular formula is C21H30N4O3. The highest BCUT2D eigenvalue weighted by Gasteiger charge is 2.36. The lowest BCUT2D eigenvalue weighted by atomic mass is 10.1. The van der Waals surface area contributed by atoms with Gasteiger partial charge in [-0.3, -0.25) is 14.5 Å². The number of carbonyl (C=O) groups is 2. The molecule has 1 unspecified atom stereocenters. The molecule has 1 aliphatic rings. The zero-order valence-corrected chi connectivity index (χ0v) is 17.1. The summed E-state index contributed by atoms with van der Waals surface area (Å²) in [7, 11) is 3.29. The minimum Gasteiger partial charge on any atom is -0.383 e. The summed E-state index contributed by atoms with van der Waals surface area (Å²) in [6.45, 7) is 7.31. The van der Waals surface area contributed by atoms with Gasteiger partial charge in [0.05, 0.1) is 12.2 Å². The van der Waals surface area contributed by atoms with Gasteiger partial charge in [0.25, 0.3) is 5.91 Å². The van der Waals surface area contributed by atoms with E-state index in [4.69, 9.17) is 4.74 Å². The van der Waals surface area contributed by atoms with Gasteiger partial charge in [-0.2, -0.15) is 0 Å². The van der Waals surface area contributed by atoms with Gasteiger partial charge in [0.1, 0.15) is 6.04 Å². The number of carbonyl (C=O) groups excluding carboxylic acids is 2. The van der Waals surface area contributed by atoms with Gasteiger partial charge in [-0.1, -0.05) is 18.2 Å². The molecule has 2 heterocycles. The van der Waals surface area contributed by atoms with Crippen molar-refractivity contribution in [1.82, 2.24) is 19.7 Å². The average molecular weight is 386 g/mol. The Morgan fingerprint density at radius 2 is 2.00 bits per heavy atom. The van der Waals surface area contributed by atoms with Gasteiger partial charge in [0.2, 0.25) is 5.91 Å². The second kappa shape index (κ2) is 8.75. The van der Waals surface area contributed by atoms with Crippen LogP contribution in [-0.4, -0.2) is 78.7 Å². The maximum absolute atomic E-state index is 13.5. The SMILES string of the molecule is CNC(=O)C1CN(C(C)C)CCN1C(=O)c1cn(CCOC)c2ccccc12. The third kappa shape index (κ3) is 3.91. The molecule has 3 rings (SSSR count). The fourth-order valence-corrected chi connectivity index (χ4v) is 3.85. The highest BCUT2D eigenvalue weighted by molar-refractivity contribution is 6.08. The van der Waals surface area contributed by atoms with Crippen LogP contribution in [0.15, 0.2) is 30.5 Å². The van der Waals surface area contributed by atoms with E-state index in [9.17, 15) is 9.59 Å². The van der Waals surface area contributed by atoms with E-state index in [1.807, 2.05) is 35.0 Å². The maximum Gasteiger partial charge on any atom is 0.256 e. The normalized spacial score (nSPS) is 18.0. The maximum atomic E-state index is 13.5. The van der Waals surface area contributed by atoms with E-state index in [-0.39, 0.29) is 11.8 Å². The second-order valence-corrected chi connectivity index (χ2v) is 7.46. The van der Waals surface area contributed by atoms with Crippen molar-refractivity contribution in [2.24, 2.45) is 0 Å². The third-order valence-corrected chi connectivity index (χ3v) is 5.51.